The quantitative estimate of drug-likeness (QED) is 0.505. The summed E-state index contributed by atoms with van der Waals surface area (Å²) in [4.78, 5) is 10.9. The fourth-order valence-electron chi connectivity index (χ4n) is 1.20. The van der Waals surface area contributed by atoms with Gasteiger partial charge >= 0.3 is 5.97 Å². The highest BCUT2D eigenvalue weighted by Crippen LogP contribution is 2.28. The van der Waals surface area contributed by atoms with Crippen LogP contribution in [0.25, 0.3) is 0 Å². The number of rotatable bonds is 7. The monoisotopic (exact) mass is 188 g/mol. The number of carboxylic acids is 1. The SMILES string of the molecule is C=CCC(CO)(CCCO)C(=O)O. The fourth-order valence-corrected chi connectivity index (χ4v) is 1.20. The Morgan fingerprint density at radius 1 is 1.46 bits per heavy atom. The molecule has 0 saturated heterocycles. The molecule has 4 nitrogen and oxygen atoms in total. The first-order valence-corrected chi connectivity index (χ1v) is 4.19. The van der Waals surface area contributed by atoms with E-state index in [0.29, 0.717) is 6.42 Å². The van der Waals surface area contributed by atoms with E-state index in [1.165, 1.54) is 6.08 Å². The average molecular weight is 188 g/mol. The third kappa shape index (κ3) is 3.16. The normalized spacial score (nSPS) is 14.9. The van der Waals surface area contributed by atoms with E-state index < -0.39 is 18.0 Å². The minimum Gasteiger partial charge on any atom is -0.481 e. The number of aliphatic carboxylic acids is 1. The van der Waals surface area contributed by atoms with Crippen LogP contribution in [-0.4, -0.2) is 34.5 Å². The van der Waals surface area contributed by atoms with Crippen molar-refractivity contribution in [3.05, 3.63) is 12.7 Å². The fraction of sp³-hybridized carbons (Fsp3) is 0.667. The van der Waals surface area contributed by atoms with Crippen molar-refractivity contribution in [1.29, 1.82) is 0 Å². The number of carbonyl (C=O) groups is 1. The second-order valence-corrected chi connectivity index (χ2v) is 3.06. The predicted molar refractivity (Wildman–Crippen MR) is 48.3 cm³/mol. The Labute approximate surface area is 77.5 Å². The van der Waals surface area contributed by atoms with E-state index in [-0.39, 0.29) is 19.4 Å². The van der Waals surface area contributed by atoms with Gasteiger partial charge in [0.1, 0.15) is 0 Å². The highest BCUT2D eigenvalue weighted by atomic mass is 16.4. The van der Waals surface area contributed by atoms with Crippen LogP contribution in [0.15, 0.2) is 12.7 Å². The van der Waals surface area contributed by atoms with E-state index in [9.17, 15) is 4.79 Å². The summed E-state index contributed by atoms with van der Waals surface area (Å²) >= 11 is 0. The van der Waals surface area contributed by atoms with Gasteiger partial charge in [0.25, 0.3) is 0 Å². The average Bonchev–Trinajstić information content (AvgIpc) is 2.12. The van der Waals surface area contributed by atoms with Crippen LogP contribution in [0.4, 0.5) is 0 Å². The topological polar surface area (TPSA) is 77.8 Å². The molecule has 0 bridgehead atoms. The van der Waals surface area contributed by atoms with Gasteiger partial charge < -0.3 is 15.3 Å². The van der Waals surface area contributed by atoms with Crippen molar-refractivity contribution in [2.75, 3.05) is 13.2 Å². The van der Waals surface area contributed by atoms with Crippen molar-refractivity contribution in [3.8, 4) is 0 Å². The molecular weight excluding hydrogens is 172 g/mol. The molecule has 3 N–H and O–H groups in total. The second-order valence-electron chi connectivity index (χ2n) is 3.06. The van der Waals surface area contributed by atoms with Crippen molar-refractivity contribution in [3.63, 3.8) is 0 Å². The van der Waals surface area contributed by atoms with Crippen LogP contribution in [0.3, 0.4) is 0 Å². The molecule has 1 unspecified atom stereocenters. The number of allylic oxidation sites excluding steroid dienone is 1. The Kier molecular flexibility index (Phi) is 5.34. The Bertz CT molecular complexity index is 178. The summed E-state index contributed by atoms with van der Waals surface area (Å²) in [5.74, 6) is -1.04. The molecule has 76 valence electrons. The van der Waals surface area contributed by atoms with Crippen LogP contribution in [0.2, 0.25) is 0 Å². The van der Waals surface area contributed by atoms with Crippen molar-refractivity contribution in [2.24, 2.45) is 5.41 Å². The second kappa shape index (κ2) is 5.72. The molecule has 4 heteroatoms. The van der Waals surface area contributed by atoms with Gasteiger partial charge in [-0.3, -0.25) is 4.79 Å². The van der Waals surface area contributed by atoms with E-state index in [1.54, 1.807) is 0 Å². The molecule has 0 saturated carbocycles. The van der Waals surface area contributed by atoms with Crippen LogP contribution < -0.4 is 0 Å². The highest BCUT2D eigenvalue weighted by Gasteiger charge is 2.35. The summed E-state index contributed by atoms with van der Waals surface area (Å²) in [6, 6.07) is 0. The molecule has 0 aliphatic rings. The lowest BCUT2D eigenvalue weighted by molar-refractivity contribution is -0.152. The molecule has 1 atom stereocenters. The standard InChI is InChI=1S/C9H16O4/c1-2-4-9(7-11,8(12)13)5-3-6-10/h2,10-11H,1,3-7H2,(H,12,13). The molecule has 0 aliphatic heterocycles. The van der Waals surface area contributed by atoms with Gasteiger partial charge in [0.05, 0.1) is 12.0 Å². The number of hydrogen-bond donors (Lipinski definition) is 3. The van der Waals surface area contributed by atoms with Gasteiger partial charge in [-0.2, -0.15) is 0 Å². The molecule has 0 amide bonds. The Morgan fingerprint density at radius 2 is 2.08 bits per heavy atom. The van der Waals surface area contributed by atoms with Crippen LogP contribution in [0.5, 0.6) is 0 Å². The number of aliphatic hydroxyl groups excluding tert-OH is 2. The first-order valence-electron chi connectivity index (χ1n) is 4.19. The molecule has 0 aromatic heterocycles. The maximum Gasteiger partial charge on any atom is 0.312 e. The van der Waals surface area contributed by atoms with Gasteiger partial charge in [-0.25, -0.2) is 0 Å². The molecular formula is C9H16O4. The third-order valence-corrected chi connectivity index (χ3v) is 2.10. The zero-order valence-electron chi connectivity index (χ0n) is 7.57. The Morgan fingerprint density at radius 3 is 2.38 bits per heavy atom. The summed E-state index contributed by atoms with van der Waals surface area (Å²) in [6.07, 6.45) is 2.34. The van der Waals surface area contributed by atoms with Gasteiger partial charge in [0, 0.05) is 6.61 Å². The molecule has 0 spiro atoms. The molecule has 0 rings (SSSR count). The van der Waals surface area contributed by atoms with Crippen LogP contribution in [-0.2, 0) is 4.79 Å². The lowest BCUT2D eigenvalue weighted by atomic mass is 9.81. The lowest BCUT2D eigenvalue weighted by Gasteiger charge is -2.25. The van der Waals surface area contributed by atoms with E-state index >= 15 is 0 Å². The van der Waals surface area contributed by atoms with E-state index in [0.717, 1.165) is 0 Å². The van der Waals surface area contributed by atoms with Crippen molar-refractivity contribution >= 4 is 5.97 Å². The smallest absolute Gasteiger partial charge is 0.312 e. The number of aliphatic hydroxyl groups is 2. The summed E-state index contributed by atoms with van der Waals surface area (Å²) < 4.78 is 0. The largest absolute Gasteiger partial charge is 0.481 e. The van der Waals surface area contributed by atoms with Gasteiger partial charge in [0.2, 0.25) is 0 Å². The molecule has 0 aliphatic carbocycles. The molecule has 0 radical (unpaired) electrons. The predicted octanol–water partition coefficient (Wildman–Crippen LogP) is 0.398. The van der Waals surface area contributed by atoms with Crippen molar-refractivity contribution < 1.29 is 20.1 Å². The van der Waals surface area contributed by atoms with Gasteiger partial charge in [-0.1, -0.05) is 6.08 Å². The minimum atomic E-state index is -1.16. The van der Waals surface area contributed by atoms with Gasteiger partial charge in [0.15, 0.2) is 0 Å². The first kappa shape index (κ1) is 12.1. The lowest BCUT2D eigenvalue weighted by Crippen LogP contribution is -2.34. The van der Waals surface area contributed by atoms with Gasteiger partial charge in [-0.05, 0) is 19.3 Å². The third-order valence-electron chi connectivity index (χ3n) is 2.10. The van der Waals surface area contributed by atoms with E-state index in [1.807, 2.05) is 0 Å². The number of hydrogen-bond acceptors (Lipinski definition) is 3. The summed E-state index contributed by atoms with van der Waals surface area (Å²) in [5, 5.41) is 26.5. The summed E-state index contributed by atoms with van der Waals surface area (Å²) in [5.41, 5.74) is -1.16. The zero-order chi connectivity index (χ0) is 10.3. The van der Waals surface area contributed by atoms with Crippen LogP contribution in [0, 0.1) is 5.41 Å². The van der Waals surface area contributed by atoms with E-state index in [2.05, 4.69) is 6.58 Å². The molecule has 0 aromatic carbocycles. The Hall–Kier alpha value is -0.870. The summed E-state index contributed by atoms with van der Waals surface area (Å²) in [7, 11) is 0. The molecule has 0 aromatic rings. The minimum absolute atomic E-state index is 0.0633. The summed E-state index contributed by atoms with van der Waals surface area (Å²) in [6.45, 7) is 2.96. The molecule has 0 fully saturated rings. The van der Waals surface area contributed by atoms with Crippen molar-refractivity contribution in [1.82, 2.24) is 0 Å². The maximum absolute atomic E-state index is 10.9. The zero-order valence-corrected chi connectivity index (χ0v) is 7.57. The van der Waals surface area contributed by atoms with Crippen LogP contribution in [0.1, 0.15) is 19.3 Å². The van der Waals surface area contributed by atoms with E-state index in [4.69, 9.17) is 15.3 Å². The van der Waals surface area contributed by atoms with Crippen molar-refractivity contribution in [2.45, 2.75) is 19.3 Å². The Balaban J connectivity index is 4.43. The maximum atomic E-state index is 10.9. The first-order chi connectivity index (χ1) is 6.13. The molecule has 0 heterocycles. The molecule has 13 heavy (non-hydrogen) atoms. The van der Waals surface area contributed by atoms with Gasteiger partial charge in [-0.15, -0.1) is 6.58 Å². The highest BCUT2D eigenvalue weighted by molar-refractivity contribution is 5.75. The van der Waals surface area contributed by atoms with Crippen LogP contribution >= 0.6 is 0 Å². The number of carboxylic acid groups (broad SMARTS) is 1.